The molecule has 0 aliphatic carbocycles. The molecule has 2 aliphatic rings. The molecule has 0 radical (unpaired) electrons. The third kappa shape index (κ3) is 4.89. The van der Waals surface area contributed by atoms with Gasteiger partial charge in [-0.1, -0.05) is 0 Å². The highest BCUT2D eigenvalue weighted by atomic mass is 32.2. The number of thioether (sulfide) groups is 2. The fourth-order valence-corrected chi connectivity index (χ4v) is 6.33. The van der Waals surface area contributed by atoms with Crippen LogP contribution in [-0.4, -0.2) is 62.7 Å². The number of carbonyl (C=O) groups excluding carboxylic acids is 1. The van der Waals surface area contributed by atoms with Crippen LogP contribution in [0.2, 0.25) is 0 Å². The predicted molar refractivity (Wildman–Crippen MR) is 115 cm³/mol. The summed E-state index contributed by atoms with van der Waals surface area (Å²) in [4.78, 5) is 15.3. The molecule has 4 rings (SSSR count). The minimum absolute atomic E-state index is 0.123. The van der Waals surface area contributed by atoms with Crippen LogP contribution < -0.4 is 5.32 Å². The zero-order valence-corrected chi connectivity index (χ0v) is 17.1. The average Bonchev–Trinajstić information content (AvgIpc) is 3.11. The summed E-state index contributed by atoms with van der Waals surface area (Å²) in [5.41, 5.74) is 1.85. The first-order valence-corrected chi connectivity index (χ1v) is 11.9. The Kier molecular flexibility index (Phi) is 6.42. The minimum Gasteiger partial charge on any atom is -0.326 e. The number of rotatable bonds is 4. The Morgan fingerprint density at radius 1 is 1.07 bits per heavy atom. The van der Waals surface area contributed by atoms with Crippen molar-refractivity contribution in [1.29, 1.82) is 0 Å². The zero-order valence-electron chi connectivity index (χ0n) is 15.4. The van der Waals surface area contributed by atoms with Gasteiger partial charge in [-0.15, -0.1) is 0 Å². The van der Waals surface area contributed by atoms with E-state index in [1.807, 2.05) is 41.2 Å². The van der Waals surface area contributed by atoms with Gasteiger partial charge in [0.25, 0.3) is 0 Å². The van der Waals surface area contributed by atoms with Gasteiger partial charge in [-0.25, -0.2) is 4.68 Å². The number of nitrogens with zero attached hydrogens (tertiary/aromatic N) is 3. The molecule has 144 valence electrons. The van der Waals surface area contributed by atoms with E-state index in [2.05, 4.69) is 38.8 Å². The average molecular weight is 403 g/mol. The van der Waals surface area contributed by atoms with Gasteiger partial charge in [-0.3, -0.25) is 9.69 Å². The highest BCUT2D eigenvalue weighted by molar-refractivity contribution is 8.03. The number of aromatic nitrogens is 2. The van der Waals surface area contributed by atoms with Gasteiger partial charge in [0, 0.05) is 53.1 Å². The van der Waals surface area contributed by atoms with Gasteiger partial charge < -0.3 is 5.32 Å². The first kappa shape index (κ1) is 18.9. The number of likely N-dealkylation sites (tertiary alicyclic amines) is 1. The van der Waals surface area contributed by atoms with E-state index in [-0.39, 0.29) is 11.8 Å². The van der Waals surface area contributed by atoms with Crippen LogP contribution in [0.5, 0.6) is 0 Å². The van der Waals surface area contributed by atoms with E-state index < -0.39 is 0 Å². The van der Waals surface area contributed by atoms with Crippen molar-refractivity contribution in [2.24, 2.45) is 5.92 Å². The molecule has 2 fully saturated rings. The largest absolute Gasteiger partial charge is 0.326 e. The Labute approximate surface area is 169 Å². The van der Waals surface area contributed by atoms with Crippen molar-refractivity contribution in [2.45, 2.75) is 18.9 Å². The molecule has 0 spiro atoms. The Morgan fingerprint density at radius 3 is 2.41 bits per heavy atom. The lowest BCUT2D eigenvalue weighted by molar-refractivity contribution is -0.121. The summed E-state index contributed by atoms with van der Waals surface area (Å²) < 4.78 is 1.81. The van der Waals surface area contributed by atoms with Crippen molar-refractivity contribution in [3.05, 3.63) is 42.7 Å². The molecule has 2 aliphatic heterocycles. The Hall–Kier alpha value is -1.44. The van der Waals surface area contributed by atoms with Crippen molar-refractivity contribution >= 4 is 35.1 Å². The molecule has 0 atom stereocenters. The lowest BCUT2D eigenvalue weighted by atomic mass is 9.95. The maximum Gasteiger partial charge on any atom is 0.227 e. The number of amides is 1. The molecule has 3 heterocycles. The molecule has 1 aromatic heterocycles. The molecular weight excluding hydrogens is 376 g/mol. The van der Waals surface area contributed by atoms with Crippen LogP contribution in [0, 0.1) is 5.92 Å². The highest BCUT2D eigenvalue weighted by Crippen LogP contribution is 2.26. The molecule has 1 aromatic carbocycles. The van der Waals surface area contributed by atoms with Crippen LogP contribution in [0.15, 0.2) is 42.7 Å². The van der Waals surface area contributed by atoms with Crippen LogP contribution in [0.3, 0.4) is 0 Å². The van der Waals surface area contributed by atoms with Gasteiger partial charge >= 0.3 is 0 Å². The molecular formula is C20H26N4OS2. The quantitative estimate of drug-likeness (QED) is 0.850. The molecule has 2 aromatic rings. The first-order valence-electron chi connectivity index (χ1n) is 9.60. The molecule has 2 saturated heterocycles. The summed E-state index contributed by atoms with van der Waals surface area (Å²) in [6.45, 7) is 2.09. The molecule has 1 N–H and O–H groups in total. The Balaban J connectivity index is 1.28. The van der Waals surface area contributed by atoms with Gasteiger partial charge in [-0.05, 0) is 56.3 Å². The number of hydrogen-bond acceptors (Lipinski definition) is 5. The molecule has 5 nitrogen and oxygen atoms in total. The highest BCUT2D eigenvalue weighted by Gasteiger charge is 2.29. The van der Waals surface area contributed by atoms with Gasteiger partial charge in [0.2, 0.25) is 5.91 Å². The van der Waals surface area contributed by atoms with Crippen LogP contribution in [0.1, 0.15) is 12.8 Å². The summed E-state index contributed by atoms with van der Waals surface area (Å²) in [5, 5.41) is 7.32. The fraction of sp³-hybridized carbons (Fsp3) is 0.500. The molecule has 0 unspecified atom stereocenters. The van der Waals surface area contributed by atoms with Crippen molar-refractivity contribution in [3.8, 4) is 5.69 Å². The molecule has 27 heavy (non-hydrogen) atoms. The molecule has 0 bridgehead atoms. The summed E-state index contributed by atoms with van der Waals surface area (Å²) in [6, 6.07) is 10.4. The first-order chi connectivity index (χ1) is 13.3. The third-order valence-electron chi connectivity index (χ3n) is 5.31. The van der Waals surface area contributed by atoms with Gasteiger partial charge in [0.15, 0.2) is 0 Å². The number of nitrogens with one attached hydrogen (secondary N) is 1. The van der Waals surface area contributed by atoms with Crippen molar-refractivity contribution < 1.29 is 4.79 Å². The van der Waals surface area contributed by atoms with Crippen LogP contribution >= 0.6 is 23.5 Å². The second-order valence-electron chi connectivity index (χ2n) is 7.10. The normalized spacial score (nSPS) is 20.3. The molecule has 0 saturated carbocycles. The third-order valence-corrected chi connectivity index (χ3v) is 7.80. The summed E-state index contributed by atoms with van der Waals surface area (Å²) in [5.74, 6) is 5.32. The Bertz CT molecular complexity index is 719. The SMILES string of the molecule is O=C(Nc1ccc(-n2cccn2)cc1)C1CCN(C2CSCCSC2)CC1. The molecule has 7 heteroatoms. The van der Waals surface area contributed by atoms with Crippen molar-refractivity contribution in [3.63, 3.8) is 0 Å². The summed E-state index contributed by atoms with van der Waals surface area (Å²) in [6.07, 6.45) is 5.59. The van der Waals surface area contributed by atoms with Crippen LogP contribution in [0.25, 0.3) is 5.69 Å². The number of carbonyl (C=O) groups is 1. The van der Waals surface area contributed by atoms with E-state index in [1.165, 1.54) is 23.0 Å². The fourth-order valence-electron chi connectivity index (χ4n) is 3.71. The van der Waals surface area contributed by atoms with E-state index in [9.17, 15) is 4.79 Å². The van der Waals surface area contributed by atoms with Crippen LogP contribution in [-0.2, 0) is 4.79 Å². The Morgan fingerprint density at radius 2 is 1.78 bits per heavy atom. The van der Waals surface area contributed by atoms with E-state index in [0.717, 1.165) is 37.3 Å². The lowest BCUT2D eigenvalue weighted by Crippen LogP contribution is -2.45. The van der Waals surface area contributed by atoms with E-state index in [0.29, 0.717) is 6.04 Å². The van der Waals surface area contributed by atoms with Gasteiger partial charge in [0.05, 0.1) is 5.69 Å². The standard InChI is InChI=1S/C20H26N4OS2/c25-20(22-17-2-4-18(5-3-17)24-9-1-8-21-24)16-6-10-23(11-7-16)19-14-26-12-13-27-15-19/h1-5,8-9,16,19H,6-7,10-15H2,(H,22,25). The maximum absolute atomic E-state index is 12.7. The summed E-state index contributed by atoms with van der Waals surface area (Å²) in [7, 11) is 0. The minimum atomic E-state index is 0.123. The lowest BCUT2D eigenvalue weighted by Gasteiger charge is -2.36. The predicted octanol–water partition coefficient (Wildman–Crippen LogP) is 3.37. The second kappa shape index (κ2) is 9.17. The monoisotopic (exact) mass is 402 g/mol. The van der Waals surface area contributed by atoms with E-state index in [4.69, 9.17) is 0 Å². The number of benzene rings is 1. The number of piperidine rings is 1. The topological polar surface area (TPSA) is 50.2 Å². The van der Waals surface area contributed by atoms with Crippen molar-refractivity contribution in [2.75, 3.05) is 41.4 Å². The molecule has 1 amide bonds. The summed E-state index contributed by atoms with van der Waals surface area (Å²) >= 11 is 4.16. The van der Waals surface area contributed by atoms with E-state index in [1.54, 1.807) is 6.20 Å². The second-order valence-corrected chi connectivity index (χ2v) is 9.40. The van der Waals surface area contributed by atoms with Crippen LogP contribution in [0.4, 0.5) is 5.69 Å². The van der Waals surface area contributed by atoms with Gasteiger partial charge in [0.1, 0.15) is 0 Å². The maximum atomic E-state index is 12.7. The number of hydrogen-bond donors (Lipinski definition) is 1. The van der Waals surface area contributed by atoms with E-state index >= 15 is 0 Å². The van der Waals surface area contributed by atoms with Crippen molar-refractivity contribution in [1.82, 2.24) is 14.7 Å². The smallest absolute Gasteiger partial charge is 0.227 e. The number of anilines is 1. The van der Waals surface area contributed by atoms with Gasteiger partial charge in [-0.2, -0.15) is 28.6 Å². The zero-order chi connectivity index (χ0) is 18.5.